The van der Waals surface area contributed by atoms with Crippen LogP contribution in [0.4, 0.5) is 0 Å². The Morgan fingerprint density at radius 2 is 1.73 bits per heavy atom. The number of fused-ring (bicyclic) bond motifs is 1. The fourth-order valence-corrected chi connectivity index (χ4v) is 5.32. The summed E-state index contributed by atoms with van der Waals surface area (Å²) in [5, 5.41) is 3.67. The van der Waals surface area contributed by atoms with Crippen molar-refractivity contribution in [1.29, 1.82) is 0 Å². The number of hydrogen-bond acceptors (Lipinski definition) is 5. The minimum Gasteiger partial charge on any atom is -0.352 e. The van der Waals surface area contributed by atoms with Crippen LogP contribution in [-0.2, 0) is 17.9 Å². The van der Waals surface area contributed by atoms with E-state index >= 15 is 0 Å². The van der Waals surface area contributed by atoms with E-state index < -0.39 is 0 Å². The second-order valence-corrected chi connectivity index (χ2v) is 9.51. The number of carbonyl (C=O) groups excluding carboxylic acids is 1. The molecule has 2 aromatic heterocycles. The van der Waals surface area contributed by atoms with Crippen molar-refractivity contribution in [1.82, 2.24) is 19.8 Å². The third-order valence-corrected chi connectivity index (χ3v) is 7.18. The lowest BCUT2D eigenvalue weighted by molar-refractivity contribution is -0.122. The summed E-state index contributed by atoms with van der Waals surface area (Å²) in [6, 6.07) is 22.4. The standard InChI is InChI=1S/C26H26N4O2S/c31-24(28-21-11-13-29(14-12-21)16-19-7-3-1-4-8-19)17-30-18-27-25-22(26(30)32)15-23(33-25)20-9-5-2-6-10-20/h1-10,15,18,21H,11-14,16-17H2,(H,28,31). The van der Waals surface area contributed by atoms with Crippen LogP contribution >= 0.6 is 11.3 Å². The topological polar surface area (TPSA) is 67.2 Å². The highest BCUT2D eigenvalue weighted by atomic mass is 32.1. The van der Waals surface area contributed by atoms with Crippen molar-refractivity contribution in [2.75, 3.05) is 13.1 Å². The van der Waals surface area contributed by atoms with Gasteiger partial charge in [0.15, 0.2) is 0 Å². The number of amides is 1. The molecule has 2 aromatic carbocycles. The first kappa shape index (κ1) is 21.6. The normalized spacial score (nSPS) is 15.0. The van der Waals surface area contributed by atoms with Gasteiger partial charge in [0, 0.05) is 30.6 Å². The Bertz CT molecular complexity index is 1290. The predicted octanol–water partition coefficient (Wildman–Crippen LogP) is 3.91. The van der Waals surface area contributed by atoms with Crippen LogP contribution in [-0.4, -0.2) is 39.5 Å². The van der Waals surface area contributed by atoms with Gasteiger partial charge in [-0.2, -0.15) is 0 Å². The third kappa shape index (κ3) is 5.05. The van der Waals surface area contributed by atoms with Gasteiger partial charge < -0.3 is 5.32 Å². The van der Waals surface area contributed by atoms with Gasteiger partial charge in [-0.25, -0.2) is 4.98 Å². The van der Waals surface area contributed by atoms with Gasteiger partial charge in [-0.1, -0.05) is 60.7 Å². The molecule has 0 spiro atoms. The summed E-state index contributed by atoms with van der Waals surface area (Å²) in [7, 11) is 0. The maximum atomic E-state index is 13.0. The molecule has 1 aliphatic rings. The van der Waals surface area contributed by atoms with Crippen LogP contribution in [0.3, 0.4) is 0 Å². The van der Waals surface area contributed by atoms with Crippen molar-refractivity contribution in [3.8, 4) is 10.4 Å². The van der Waals surface area contributed by atoms with E-state index in [1.54, 1.807) is 0 Å². The van der Waals surface area contributed by atoms with Crippen LogP contribution in [0.15, 0.2) is 77.9 Å². The number of carbonyl (C=O) groups is 1. The quantitative estimate of drug-likeness (QED) is 0.476. The van der Waals surface area contributed by atoms with Gasteiger partial charge in [0.25, 0.3) is 5.56 Å². The molecule has 7 heteroatoms. The molecule has 6 nitrogen and oxygen atoms in total. The Morgan fingerprint density at radius 1 is 1.03 bits per heavy atom. The van der Waals surface area contributed by atoms with Crippen molar-refractivity contribution < 1.29 is 4.79 Å². The molecule has 0 aliphatic carbocycles. The van der Waals surface area contributed by atoms with Gasteiger partial charge in [-0.05, 0) is 30.0 Å². The second kappa shape index (κ2) is 9.68. The van der Waals surface area contributed by atoms with Crippen LogP contribution in [0.5, 0.6) is 0 Å². The van der Waals surface area contributed by atoms with Crippen LogP contribution < -0.4 is 10.9 Å². The number of benzene rings is 2. The molecule has 0 unspecified atom stereocenters. The van der Waals surface area contributed by atoms with Gasteiger partial charge in [0.1, 0.15) is 11.4 Å². The third-order valence-electron chi connectivity index (χ3n) is 6.09. The summed E-state index contributed by atoms with van der Waals surface area (Å²) in [6.45, 7) is 2.83. The molecule has 1 aliphatic heterocycles. The summed E-state index contributed by atoms with van der Waals surface area (Å²) in [4.78, 5) is 34.2. The van der Waals surface area contributed by atoms with Gasteiger partial charge >= 0.3 is 0 Å². The lowest BCUT2D eigenvalue weighted by Crippen LogP contribution is -2.45. The molecular formula is C26H26N4O2S. The van der Waals surface area contributed by atoms with E-state index in [4.69, 9.17) is 0 Å². The maximum Gasteiger partial charge on any atom is 0.262 e. The summed E-state index contributed by atoms with van der Waals surface area (Å²) >= 11 is 1.49. The zero-order valence-electron chi connectivity index (χ0n) is 18.3. The molecule has 1 saturated heterocycles. The van der Waals surface area contributed by atoms with Gasteiger partial charge in [-0.3, -0.25) is 19.1 Å². The minimum atomic E-state index is -0.175. The Balaban J connectivity index is 1.19. The smallest absolute Gasteiger partial charge is 0.262 e. The molecule has 0 bridgehead atoms. The number of hydrogen-bond donors (Lipinski definition) is 1. The molecular weight excluding hydrogens is 432 g/mol. The molecule has 1 amide bonds. The number of piperidine rings is 1. The molecule has 1 fully saturated rings. The largest absolute Gasteiger partial charge is 0.352 e. The number of rotatable bonds is 6. The molecule has 0 radical (unpaired) electrons. The summed E-state index contributed by atoms with van der Waals surface area (Å²) < 4.78 is 1.41. The SMILES string of the molecule is O=C(Cn1cnc2sc(-c3ccccc3)cc2c1=O)NC1CCN(Cc2ccccc2)CC1. The summed E-state index contributed by atoms with van der Waals surface area (Å²) in [5.41, 5.74) is 2.19. The zero-order chi connectivity index (χ0) is 22.6. The highest BCUT2D eigenvalue weighted by Crippen LogP contribution is 2.30. The fourth-order valence-electron chi connectivity index (χ4n) is 4.32. The zero-order valence-corrected chi connectivity index (χ0v) is 19.1. The first-order valence-corrected chi connectivity index (χ1v) is 12.1. The Morgan fingerprint density at radius 3 is 2.45 bits per heavy atom. The van der Waals surface area contributed by atoms with E-state index in [0.29, 0.717) is 10.2 Å². The molecule has 168 valence electrons. The Hall–Kier alpha value is -3.29. The number of aromatic nitrogens is 2. The number of nitrogens with zero attached hydrogens (tertiary/aromatic N) is 3. The van der Waals surface area contributed by atoms with E-state index in [-0.39, 0.29) is 24.1 Å². The van der Waals surface area contributed by atoms with Crippen LogP contribution in [0.2, 0.25) is 0 Å². The van der Waals surface area contributed by atoms with Crippen molar-refractivity contribution in [3.63, 3.8) is 0 Å². The number of thiophene rings is 1. The van der Waals surface area contributed by atoms with E-state index in [0.717, 1.165) is 42.9 Å². The van der Waals surface area contributed by atoms with Crippen molar-refractivity contribution >= 4 is 27.5 Å². The fraction of sp³-hybridized carbons (Fsp3) is 0.269. The molecule has 0 atom stereocenters. The van der Waals surface area contributed by atoms with Gasteiger partial charge in [0.05, 0.1) is 11.7 Å². The highest BCUT2D eigenvalue weighted by molar-refractivity contribution is 7.21. The Kier molecular flexibility index (Phi) is 6.32. The Labute approximate surface area is 196 Å². The molecule has 33 heavy (non-hydrogen) atoms. The first-order valence-electron chi connectivity index (χ1n) is 11.3. The van der Waals surface area contributed by atoms with Gasteiger partial charge in [0.2, 0.25) is 5.91 Å². The number of likely N-dealkylation sites (tertiary alicyclic amines) is 1. The number of nitrogens with one attached hydrogen (secondary N) is 1. The van der Waals surface area contributed by atoms with Crippen LogP contribution in [0.1, 0.15) is 18.4 Å². The van der Waals surface area contributed by atoms with Crippen molar-refractivity contribution in [3.05, 3.63) is 89.0 Å². The van der Waals surface area contributed by atoms with E-state index in [9.17, 15) is 9.59 Å². The first-order chi connectivity index (χ1) is 16.2. The second-order valence-electron chi connectivity index (χ2n) is 8.48. The average Bonchev–Trinajstić information content (AvgIpc) is 3.29. The molecule has 0 saturated carbocycles. The predicted molar refractivity (Wildman–Crippen MR) is 132 cm³/mol. The van der Waals surface area contributed by atoms with E-state index in [1.807, 2.05) is 42.5 Å². The van der Waals surface area contributed by atoms with E-state index in [1.165, 1.54) is 27.8 Å². The van der Waals surface area contributed by atoms with Crippen molar-refractivity contribution in [2.24, 2.45) is 0 Å². The van der Waals surface area contributed by atoms with Crippen molar-refractivity contribution in [2.45, 2.75) is 32.0 Å². The van der Waals surface area contributed by atoms with Crippen LogP contribution in [0.25, 0.3) is 20.7 Å². The molecule has 4 aromatic rings. The molecule has 5 rings (SSSR count). The lowest BCUT2D eigenvalue weighted by atomic mass is 10.0. The maximum absolute atomic E-state index is 13.0. The van der Waals surface area contributed by atoms with Crippen LogP contribution in [0, 0.1) is 0 Å². The van der Waals surface area contributed by atoms with Gasteiger partial charge in [-0.15, -0.1) is 11.3 Å². The monoisotopic (exact) mass is 458 g/mol. The molecule has 3 heterocycles. The summed E-state index contributed by atoms with van der Waals surface area (Å²) in [6.07, 6.45) is 3.31. The minimum absolute atomic E-state index is 0.0114. The summed E-state index contributed by atoms with van der Waals surface area (Å²) in [5.74, 6) is -0.140. The average molecular weight is 459 g/mol. The highest BCUT2D eigenvalue weighted by Gasteiger charge is 2.21. The van der Waals surface area contributed by atoms with E-state index in [2.05, 4.69) is 39.5 Å². The molecule has 1 N–H and O–H groups in total. The lowest BCUT2D eigenvalue weighted by Gasteiger charge is -2.32.